The lowest BCUT2D eigenvalue weighted by Gasteiger charge is -2.37. The molecule has 1 N–H and O–H groups in total. The fourth-order valence-electron chi connectivity index (χ4n) is 3.75. The lowest BCUT2D eigenvalue weighted by Crippen LogP contribution is -2.33. The molecule has 0 bridgehead atoms. The summed E-state index contributed by atoms with van der Waals surface area (Å²) in [4.78, 5) is 6.28. The second-order valence-electron chi connectivity index (χ2n) is 5.67. The van der Waals surface area contributed by atoms with Crippen LogP contribution in [0.3, 0.4) is 0 Å². The fraction of sp³-hybridized carbons (Fsp3) is 0.412. The molecule has 2 aliphatic heterocycles. The minimum absolute atomic E-state index is 1.18. The number of allylic oxidation sites excluding steroid dienone is 1. The van der Waals surface area contributed by atoms with Gasteiger partial charge in [0.25, 0.3) is 0 Å². The van der Waals surface area contributed by atoms with Gasteiger partial charge in [-0.05, 0) is 42.9 Å². The summed E-state index contributed by atoms with van der Waals surface area (Å²) in [5.41, 5.74) is 7.39. The average Bonchev–Trinajstić information content (AvgIpc) is 2.85. The van der Waals surface area contributed by atoms with E-state index in [0.717, 1.165) is 0 Å². The van der Waals surface area contributed by atoms with Crippen molar-refractivity contribution in [1.29, 1.82) is 0 Å². The van der Waals surface area contributed by atoms with Crippen molar-refractivity contribution in [2.24, 2.45) is 0 Å². The number of aromatic nitrogens is 1. The maximum atomic E-state index is 3.68. The van der Waals surface area contributed by atoms with Gasteiger partial charge in [0.2, 0.25) is 0 Å². The number of hydrogen-bond acceptors (Lipinski definition) is 1. The summed E-state index contributed by atoms with van der Waals surface area (Å²) in [5.74, 6) is 0. The van der Waals surface area contributed by atoms with E-state index in [1.807, 2.05) is 0 Å². The van der Waals surface area contributed by atoms with Crippen LogP contribution < -0.4 is 0 Å². The molecule has 0 saturated heterocycles. The van der Waals surface area contributed by atoms with Gasteiger partial charge in [0.15, 0.2) is 0 Å². The Morgan fingerprint density at radius 1 is 1.16 bits per heavy atom. The average molecular weight is 252 g/mol. The summed E-state index contributed by atoms with van der Waals surface area (Å²) in [5, 5.41) is 1.42. The summed E-state index contributed by atoms with van der Waals surface area (Å²) in [6.45, 7) is 4.71. The van der Waals surface area contributed by atoms with Gasteiger partial charge < -0.3 is 9.88 Å². The predicted molar refractivity (Wildman–Crippen MR) is 80.0 cm³/mol. The molecule has 98 valence electrons. The van der Waals surface area contributed by atoms with E-state index in [0.29, 0.717) is 0 Å². The number of fused-ring (bicyclic) bond motifs is 5. The minimum Gasteiger partial charge on any atom is -0.370 e. The van der Waals surface area contributed by atoms with Crippen LogP contribution in [0.25, 0.3) is 16.6 Å². The molecule has 0 aliphatic carbocycles. The van der Waals surface area contributed by atoms with E-state index in [1.165, 1.54) is 66.6 Å². The molecule has 2 nitrogen and oxygen atoms in total. The van der Waals surface area contributed by atoms with E-state index in [-0.39, 0.29) is 0 Å². The summed E-state index contributed by atoms with van der Waals surface area (Å²) >= 11 is 0. The number of para-hydroxylation sites is 1. The lowest BCUT2D eigenvalue weighted by molar-refractivity contribution is 0.361. The molecule has 2 heteroatoms. The number of hydrogen-bond donors (Lipinski definition) is 1. The molecule has 0 fully saturated rings. The highest BCUT2D eigenvalue weighted by molar-refractivity contribution is 5.90. The number of nitrogens with zero attached hydrogens (tertiary/aromatic N) is 1. The maximum Gasteiger partial charge on any atom is 0.0661 e. The third-order valence-corrected chi connectivity index (χ3v) is 4.67. The van der Waals surface area contributed by atoms with Crippen LogP contribution in [0.15, 0.2) is 29.8 Å². The van der Waals surface area contributed by atoms with Crippen molar-refractivity contribution in [3.8, 4) is 0 Å². The highest BCUT2D eigenvalue weighted by Gasteiger charge is 2.28. The zero-order valence-corrected chi connectivity index (χ0v) is 11.5. The van der Waals surface area contributed by atoms with E-state index >= 15 is 0 Å². The Labute approximate surface area is 114 Å². The van der Waals surface area contributed by atoms with E-state index < -0.39 is 0 Å². The Morgan fingerprint density at radius 3 is 2.95 bits per heavy atom. The molecule has 0 radical (unpaired) electrons. The van der Waals surface area contributed by atoms with Crippen molar-refractivity contribution in [2.45, 2.75) is 32.6 Å². The second kappa shape index (κ2) is 4.16. The van der Waals surface area contributed by atoms with Crippen molar-refractivity contribution >= 4 is 16.6 Å². The monoisotopic (exact) mass is 252 g/mol. The van der Waals surface area contributed by atoms with E-state index in [2.05, 4.69) is 41.1 Å². The Hall–Kier alpha value is -1.70. The second-order valence-corrected chi connectivity index (χ2v) is 5.67. The van der Waals surface area contributed by atoms with Crippen LogP contribution in [0.2, 0.25) is 0 Å². The van der Waals surface area contributed by atoms with Gasteiger partial charge in [-0.2, -0.15) is 0 Å². The first-order chi connectivity index (χ1) is 9.38. The number of H-pyrrole nitrogens is 1. The summed E-state index contributed by atoms with van der Waals surface area (Å²) in [6, 6.07) is 8.74. The van der Waals surface area contributed by atoms with Crippen molar-refractivity contribution in [1.82, 2.24) is 9.88 Å². The van der Waals surface area contributed by atoms with Crippen LogP contribution in [0.4, 0.5) is 0 Å². The largest absolute Gasteiger partial charge is 0.370 e. The van der Waals surface area contributed by atoms with Gasteiger partial charge in [0.1, 0.15) is 0 Å². The van der Waals surface area contributed by atoms with Gasteiger partial charge in [-0.15, -0.1) is 0 Å². The zero-order valence-electron chi connectivity index (χ0n) is 11.5. The minimum atomic E-state index is 1.18. The van der Waals surface area contributed by atoms with Crippen LogP contribution in [-0.4, -0.2) is 23.0 Å². The molecular formula is C17H20N2. The molecule has 0 unspecified atom stereocenters. The normalized spacial score (nSPS) is 18.7. The summed E-state index contributed by atoms with van der Waals surface area (Å²) < 4.78 is 0. The lowest BCUT2D eigenvalue weighted by atomic mass is 9.92. The molecule has 2 aromatic rings. The highest BCUT2D eigenvalue weighted by atomic mass is 15.2. The molecule has 4 rings (SSSR count). The van der Waals surface area contributed by atoms with Crippen LogP contribution in [0, 0.1) is 0 Å². The van der Waals surface area contributed by atoms with Crippen LogP contribution >= 0.6 is 0 Å². The first-order valence-corrected chi connectivity index (χ1v) is 7.45. The van der Waals surface area contributed by atoms with E-state index in [9.17, 15) is 0 Å². The topological polar surface area (TPSA) is 19.0 Å². The quantitative estimate of drug-likeness (QED) is 0.814. The fourth-order valence-corrected chi connectivity index (χ4v) is 3.75. The highest BCUT2D eigenvalue weighted by Crippen LogP contribution is 2.39. The molecule has 1 aromatic carbocycles. The third kappa shape index (κ3) is 1.55. The first-order valence-electron chi connectivity index (χ1n) is 7.45. The van der Waals surface area contributed by atoms with Crippen molar-refractivity contribution < 1.29 is 0 Å². The molecule has 1 aromatic heterocycles. The molecule has 0 amide bonds. The SMILES string of the molecule is CCC1=C2c3[nH]c4ccccc4c3CCN2CCC1. The molecule has 0 atom stereocenters. The molecule has 0 spiro atoms. The Bertz CT molecular complexity index is 663. The number of rotatable bonds is 1. The smallest absolute Gasteiger partial charge is 0.0661 e. The molecule has 0 saturated carbocycles. The van der Waals surface area contributed by atoms with Gasteiger partial charge in [-0.1, -0.05) is 25.1 Å². The standard InChI is InChI=1S/C17H20N2/c1-2-12-6-5-10-19-11-9-14-13-7-3-4-8-15(13)18-16(14)17(12)19/h3-4,7-8,18H,2,5-6,9-11H2,1H3. The van der Waals surface area contributed by atoms with Crippen LogP contribution in [0.5, 0.6) is 0 Å². The van der Waals surface area contributed by atoms with Crippen molar-refractivity contribution in [3.05, 3.63) is 41.1 Å². The third-order valence-electron chi connectivity index (χ3n) is 4.67. The van der Waals surface area contributed by atoms with Gasteiger partial charge in [-0.25, -0.2) is 0 Å². The Kier molecular flexibility index (Phi) is 2.44. The first kappa shape index (κ1) is 11.2. The van der Waals surface area contributed by atoms with Crippen LogP contribution in [-0.2, 0) is 6.42 Å². The molecule has 3 heterocycles. The van der Waals surface area contributed by atoms with E-state index in [1.54, 1.807) is 5.57 Å². The number of nitrogens with one attached hydrogen (secondary N) is 1. The van der Waals surface area contributed by atoms with Gasteiger partial charge >= 0.3 is 0 Å². The van der Waals surface area contributed by atoms with Crippen LogP contribution in [0.1, 0.15) is 37.4 Å². The van der Waals surface area contributed by atoms with E-state index in [4.69, 9.17) is 0 Å². The maximum absolute atomic E-state index is 3.68. The predicted octanol–water partition coefficient (Wildman–Crippen LogP) is 3.94. The van der Waals surface area contributed by atoms with Gasteiger partial charge in [-0.3, -0.25) is 0 Å². The zero-order chi connectivity index (χ0) is 12.8. The molecular weight excluding hydrogens is 232 g/mol. The van der Waals surface area contributed by atoms with Crippen molar-refractivity contribution in [3.63, 3.8) is 0 Å². The summed E-state index contributed by atoms with van der Waals surface area (Å²) in [7, 11) is 0. The van der Waals surface area contributed by atoms with Gasteiger partial charge in [0.05, 0.1) is 11.4 Å². The Balaban J connectivity index is 2.00. The number of benzene rings is 1. The molecule has 2 aliphatic rings. The Morgan fingerprint density at radius 2 is 2.05 bits per heavy atom. The van der Waals surface area contributed by atoms with Crippen molar-refractivity contribution in [2.75, 3.05) is 13.1 Å². The molecule has 19 heavy (non-hydrogen) atoms. The number of aromatic amines is 1. The summed E-state index contributed by atoms with van der Waals surface area (Å²) in [6.07, 6.45) is 4.96. The van der Waals surface area contributed by atoms with Gasteiger partial charge in [0, 0.05) is 24.0 Å².